The molecule has 1 aromatic heterocycles. The van der Waals surface area contributed by atoms with Gasteiger partial charge in [0.25, 0.3) is 10.0 Å². The van der Waals surface area contributed by atoms with Crippen LogP contribution in [0.25, 0.3) is 0 Å². The van der Waals surface area contributed by atoms with Gasteiger partial charge in [-0.05, 0) is 67.6 Å². The second kappa shape index (κ2) is 6.51. The van der Waals surface area contributed by atoms with E-state index in [-0.39, 0.29) is 0 Å². The summed E-state index contributed by atoms with van der Waals surface area (Å²) in [5, 5.41) is 0. The molecule has 0 spiro atoms. The Morgan fingerprint density at radius 3 is 2.45 bits per heavy atom. The lowest BCUT2D eigenvalue weighted by Crippen LogP contribution is -2.52. The van der Waals surface area contributed by atoms with Gasteiger partial charge in [-0.25, -0.2) is 8.42 Å². The fraction of sp³-hybridized carbons (Fsp3) is 0.733. The molecule has 0 radical (unpaired) electrons. The highest BCUT2D eigenvalue weighted by molar-refractivity contribution is 9.11. The Hall–Kier alpha value is 0.0500. The summed E-state index contributed by atoms with van der Waals surface area (Å²) in [6.45, 7) is 5.82. The van der Waals surface area contributed by atoms with Crippen LogP contribution < -0.4 is 0 Å². The van der Waals surface area contributed by atoms with Crippen LogP contribution in [0, 0.1) is 0 Å². The van der Waals surface area contributed by atoms with E-state index >= 15 is 0 Å². The molecule has 3 rings (SSSR count). The van der Waals surface area contributed by atoms with Crippen molar-refractivity contribution in [1.82, 2.24) is 9.21 Å². The third-order valence-electron chi connectivity index (χ3n) is 4.94. The molecule has 7 heteroatoms. The molecule has 2 saturated heterocycles. The van der Waals surface area contributed by atoms with E-state index in [4.69, 9.17) is 0 Å². The van der Waals surface area contributed by atoms with Crippen molar-refractivity contribution in [1.29, 1.82) is 0 Å². The van der Waals surface area contributed by atoms with E-state index in [1.807, 2.05) is 6.07 Å². The Morgan fingerprint density at radius 1 is 1.18 bits per heavy atom. The molecule has 0 aliphatic carbocycles. The fourth-order valence-electron chi connectivity index (χ4n) is 3.88. The number of piperidine rings is 1. The van der Waals surface area contributed by atoms with Gasteiger partial charge in [-0.2, -0.15) is 4.31 Å². The van der Waals surface area contributed by atoms with Crippen molar-refractivity contribution in [2.75, 3.05) is 13.1 Å². The summed E-state index contributed by atoms with van der Waals surface area (Å²) in [7, 11) is -3.34. The molecule has 2 aliphatic heterocycles. The molecule has 1 aromatic rings. The van der Waals surface area contributed by atoms with E-state index < -0.39 is 10.0 Å². The van der Waals surface area contributed by atoms with Crippen molar-refractivity contribution in [3.05, 3.63) is 15.9 Å². The van der Waals surface area contributed by atoms with Crippen molar-refractivity contribution in [2.45, 2.75) is 61.9 Å². The van der Waals surface area contributed by atoms with Crippen molar-refractivity contribution < 1.29 is 8.42 Å². The molecule has 4 nitrogen and oxygen atoms in total. The largest absolute Gasteiger partial charge is 0.294 e. The van der Waals surface area contributed by atoms with E-state index in [0.717, 1.165) is 16.6 Å². The molecule has 0 saturated carbocycles. The van der Waals surface area contributed by atoms with E-state index in [1.54, 1.807) is 10.4 Å². The first kappa shape index (κ1) is 16.9. The van der Waals surface area contributed by atoms with Gasteiger partial charge in [0, 0.05) is 31.2 Å². The van der Waals surface area contributed by atoms with E-state index in [1.165, 1.54) is 24.2 Å². The number of sulfonamides is 1. The number of hydrogen-bond acceptors (Lipinski definition) is 4. The van der Waals surface area contributed by atoms with E-state index in [0.29, 0.717) is 35.4 Å². The van der Waals surface area contributed by atoms with E-state index in [9.17, 15) is 8.42 Å². The van der Waals surface area contributed by atoms with Crippen molar-refractivity contribution in [3.8, 4) is 0 Å². The minimum atomic E-state index is -3.34. The van der Waals surface area contributed by atoms with Gasteiger partial charge in [-0.1, -0.05) is 0 Å². The predicted molar refractivity (Wildman–Crippen MR) is 93.8 cm³/mol. The lowest BCUT2D eigenvalue weighted by atomic mass is 10.0. The summed E-state index contributed by atoms with van der Waals surface area (Å²) in [4.78, 5) is 2.55. The number of rotatable bonds is 3. The van der Waals surface area contributed by atoms with Gasteiger partial charge in [-0.15, -0.1) is 11.3 Å². The summed E-state index contributed by atoms with van der Waals surface area (Å²) in [6.07, 6.45) is 4.51. The molecule has 0 aromatic carbocycles. The second-order valence-electron chi connectivity index (χ2n) is 6.44. The van der Waals surface area contributed by atoms with Crippen LogP contribution in [0.2, 0.25) is 0 Å². The average molecular weight is 407 g/mol. The molecule has 0 amide bonds. The van der Waals surface area contributed by atoms with Gasteiger partial charge in [0.2, 0.25) is 0 Å². The predicted octanol–water partition coefficient (Wildman–Crippen LogP) is 3.54. The Labute approximate surface area is 145 Å². The van der Waals surface area contributed by atoms with Crippen LogP contribution in [-0.4, -0.2) is 48.8 Å². The third kappa shape index (κ3) is 3.15. The Kier molecular flexibility index (Phi) is 5.00. The lowest BCUT2D eigenvalue weighted by molar-refractivity contribution is 0.0980. The standard InChI is InChI=1S/C15H23BrN2O2S2/c1-11-5-6-12(2)18(11)13-4-3-9-17(10-13)22(19,20)15-8-7-14(16)21-15/h7-8,11-13H,3-6,9-10H2,1-2H3/t11-,12-,13+/m1/s1. The molecule has 3 atom stereocenters. The molecule has 0 unspecified atom stereocenters. The molecular formula is C15H23BrN2O2S2. The maximum atomic E-state index is 12.8. The number of nitrogens with zero attached hydrogens (tertiary/aromatic N) is 2. The summed E-state index contributed by atoms with van der Waals surface area (Å²) in [5.41, 5.74) is 0. The van der Waals surface area contributed by atoms with Gasteiger partial charge < -0.3 is 0 Å². The maximum Gasteiger partial charge on any atom is 0.252 e. The molecular weight excluding hydrogens is 384 g/mol. The molecule has 22 heavy (non-hydrogen) atoms. The van der Waals surface area contributed by atoms with Crippen LogP contribution in [0.3, 0.4) is 0 Å². The van der Waals surface area contributed by atoms with Crippen LogP contribution in [-0.2, 0) is 10.0 Å². The van der Waals surface area contributed by atoms with Gasteiger partial charge in [0.15, 0.2) is 0 Å². The van der Waals surface area contributed by atoms with Crippen LogP contribution in [0.15, 0.2) is 20.1 Å². The molecule has 0 bridgehead atoms. The summed E-state index contributed by atoms with van der Waals surface area (Å²) < 4.78 is 28.6. The number of halogens is 1. The molecule has 2 aliphatic rings. The first-order valence-electron chi connectivity index (χ1n) is 7.92. The van der Waals surface area contributed by atoms with Gasteiger partial charge in [-0.3, -0.25) is 4.90 Å². The highest BCUT2D eigenvalue weighted by atomic mass is 79.9. The zero-order valence-electron chi connectivity index (χ0n) is 13.0. The maximum absolute atomic E-state index is 12.8. The van der Waals surface area contributed by atoms with Gasteiger partial charge >= 0.3 is 0 Å². The van der Waals surface area contributed by atoms with E-state index in [2.05, 4.69) is 34.7 Å². The summed E-state index contributed by atoms with van der Waals surface area (Å²) >= 11 is 4.65. The zero-order valence-corrected chi connectivity index (χ0v) is 16.3. The smallest absolute Gasteiger partial charge is 0.252 e. The third-order valence-corrected chi connectivity index (χ3v) is 8.90. The van der Waals surface area contributed by atoms with Crippen molar-refractivity contribution in [2.24, 2.45) is 0 Å². The molecule has 3 heterocycles. The van der Waals surface area contributed by atoms with Gasteiger partial charge in [0.05, 0.1) is 3.79 Å². The normalized spacial score (nSPS) is 31.7. The number of likely N-dealkylation sites (tertiary alicyclic amines) is 1. The van der Waals surface area contributed by atoms with Crippen molar-refractivity contribution >= 4 is 37.3 Å². The Morgan fingerprint density at radius 2 is 1.86 bits per heavy atom. The highest BCUT2D eigenvalue weighted by Crippen LogP contribution is 2.33. The lowest BCUT2D eigenvalue weighted by Gasteiger charge is -2.40. The number of thiophene rings is 1. The second-order valence-corrected chi connectivity index (χ2v) is 11.1. The van der Waals surface area contributed by atoms with Crippen LogP contribution in [0.4, 0.5) is 0 Å². The molecule has 0 N–H and O–H groups in total. The van der Waals surface area contributed by atoms with Gasteiger partial charge in [0.1, 0.15) is 4.21 Å². The highest BCUT2D eigenvalue weighted by Gasteiger charge is 2.38. The Balaban J connectivity index is 1.78. The van der Waals surface area contributed by atoms with Crippen LogP contribution >= 0.6 is 27.3 Å². The minimum Gasteiger partial charge on any atom is -0.294 e. The first-order chi connectivity index (χ1) is 10.4. The summed E-state index contributed by atoms with van der Waals surface area (Å²) in [6, 6.07) is 5.01. The monoisotopic (exact) mass is 406 g/mol. The molecule has 2 fully saturated rings. The van der Waals surface area contributed by atoms with Crippen LogP contribution in [0.5, 0.6) is 0 Å². The minimum absolute atomic E-state index is 0.361. The SMILES string of the molecule is C[C@@H]1CC[C@@H](C)N1[C@H]1CCCN(S(=O)(=O)c2ccc(Br)s2)C1. The summed E-state index contributed by atoms with van der Waals surface area (Å²) in [5.74, 6) is 0. The average Bonchev–Trinajstić information content (AvgIpc) is 3.06. The Bertz CT molecular complexity index is 621. The number of hydrogen-bond donors (Lipinski definition) is 0. The van der Waals surface area contributed by atoms with Crippen LogP contribution in [0.1, 0.15) is 39.5 Å². The molecule has 124 valence electrons. The zero-order chi connectivity index (χ0) is 15.9. The quantitative estimate of drug-likeness (QED) is 0.770. The topological polar surface area (TPSA) is 40.6 Å². The van der Waals surface area contributed by atoms with Crippen molar-refractivity contribution in [3.63, 3.8) is 0 Å². The fourth-order valence-corrected chi connectivity index (χ4v) is 7.56. The first-order valence-corrected chi connectivity index (χ1v) is 11.0.